The van der Waals surface area contributed by atoms with E-state index in [1.807, 2.05) is 0 Å². The summed E-state index contributed by atoms with van der Waals surface area (Å²) in [5, 5.41) is 0. The second-order valence-corrected chi connectivity index (χ2v) is 16.6. The maximum atomic E-state index is 6.44. The minimum atomic E-state index is 0.838. The molecule has 0 aliphatic heterocycles. The number of hydrogen-bond donors (Lipinski definition) is 2. The third kappa shape index (κ3) is 8.37. The van der Waals surface area contributed by atoms with Gasteiger partial charge in [-0.2, -0.15) is 0 Å². The van der Waals surface area contributed by atoms with Crippen LogP contribution in [0, 0.1) is 13.8 Å². The van der Waals surface area contributed by atoms with E-state index in [2.05, 4.69) is 278 Å². The van der Waals surface area contributed by atoms with Gasteiger partial charge < -0.3 is 15.2 Å². The number of hydrogen-bond acceptors (Lipinski definition) is 4. The number of anilines is 7. The summed E-state index contributed by atoms with van der Waals surface area (Å²) in [5.74, 6) is 6.44. The van der Waals surface area contributed by atoms with Gasteiger partial charge in [0.15, 0.2) is 0 Å². The van der Waals surface area contributed by atoms with Gasteiger partial charge in [0, 0.05) is 39.4 Å². The van der Waals surface area contributed by atoms with Crippen LogP contribution in [0.25, 0.3) is 55.6 Å². The van der Waals surface area contributed by atoms with E-state index in [4.69, 9.17) is 5.84 Å². The molecule has 0 saturated heterocycles. The Morgan fingerprint density at radius 2 is 0.697 bits per heavy atom. The number of rotatable bonds is 12. The predicted molar refractivity (Wildman–Crippen MR) is 280 cm³/mol. The van der Waals surface area contributed by atoms with Crippen molar-refractivity contribution in [3.05, 3.63) is 260 Å². The van der Waals surface area contributed by atoms with Crippen LogP contribution < -0.4 is 21.1 Å². The molecular weight excluding hydrogens is 801 g/mol. The molecule has 0 aliphatic carbocycles. The molecule has 66 heavy (non-hydrogen) atoms. The first kappa shape index (κ1) is 41.6. The van der Waals surface area contributed by atoms with Gasteiger partial charge in [-0.05, 0) is 131 Å². The molecule has 0 radical (unpaired) electrons. The molecule has 318 valence electrons. The first-order valence-electron chi connectivity index (χ1n) is 22.5. The molecule has 3 N–H and O–H groups in total. The van der Waals surface area contributed by atoms with Gasteiger partial charge in [-0.3, -0.25) is 5.84 Å². The largest absolute Gasteiger partial charge is 0.323 e. The van der Waals surface area contributed by atoms with Gasteiger partial charge in [0.05, 0.1) is 17.1 Å². The summed E-state index contributed by atoms with van der Waals surface area (Å²) in [6.07, 6.45) is 0. The number of aryl methyl sites for hydroxylation is 2. The number of benzene rings is 10. The molecule has 0 aromatic heterocycles. The zero-order valence-corrected chi connectivity index (χ0v) is 37.1. The second kappa shape index (κ2) is 18.7. The Labute approximate surface area is 388 Å². The molecule has 0 atom stereocenters. The highest BCUT2D eigenvalue weighted by Gasteiger charge is 2.22. The number of nitrogen functional groups attached to an aromatic ring is 1. The Bertz CT molecular complexity index is 3240. The van der Waals surface area contributed by atoms with E-state index in [0.717, 1.165) is 89.9 Å². The van der Waals surface area contributed by atoms with Gasteiger partial charge in [-0.15, -0.1) is 0 Å². The molecule has 0 heterocycles. The first-order chi connectivity index (χ1) is 32.5. The predicted octanol–water partition coefficient (Wildman–Crippen LogP) is 16.9. The average molecular weight is 851 g/mol. The van der Waals surface area contributed by atoms with Crippen LogP contribution >= 0.6 is 0 Å². The maximum Gasteiger partial charge on any atom is 0.0570 e. The molecule has 10 rings (SSSR count). The van der Waals surface area contributed by atoms with Crippen molar-refractivity contribution in [3.8, 4) is 55.6 Å². The van der Waals surface area contributed by atoms with E-state index in [1.165, 1.54) is 16.7 Å². The molecule has 10 aromatic carbocycles. The Morgan fingerprint density at radius 3 is 1.12 bits per heavy atom. The lowest BCUT2D eigenvalue weighted by Gasteiger charge is -2.29. The lowest BCUT2D eigenvalue weighted by atomic mass is 9.86. The Balaban J connectivity index is 1.12. The molecule has 4 nitrogen and oxygen atoms in total. The fourth-order valence-corrected chi connectivity index (χ4v) is 9.18. The zero-order chi connectivity index (χ0) is 44.8. The van der Waals surface area contributed by atoms with Crippen molar-refractivity contribution >= 4 is 39.8 Å². The van der Waals surface area contributed by atoms with Crippen molar-refractivity contribution in [2.45, 2.75) is 13.8 Å². The van der Waals surface area contributed by atoms with Crippen LogP contribution in [0.4, 0.5) is 39.8 Å². The highest BCUT2D eigenvalue weighted by molar-refractivity contribution is 6.01. The first-order valence-corrected chi connectivity index (χ1v) is 22.5. The van der Waals surface area contributed by atoms with Crippen molar-refractivity contribution in [2.75, 3.05) is 15.2 Å². The van der Waals surface area contributed by atoms with Crippen LogP contribution in [0.15, 0.2) is 249 Å². The third-order valence-electron chi connectivity index (χ3n) is 12.3. The van der Waals surface area contributed by atoms with Crippen LogP contribution in [-0.4, -0.2) is 0 Å². The summed E-state index contributed by atoms with van der Waals surface area (Å²) in [7, 11) is 0. The lowest BCUT2D eigenvalue weighted by molar-refractivity contribution is 1.27. The van der Waals surface area contributed by atoms with Crippen molar-refractivity contribution in [3.63, 3.8) is 0 Å². The van der Waals surface area contributed by atoms with Gasteiger partial charge in [-0.1, -0.05) is 182 Å². The summed E-state index contributed by atoms with van der Waals surface area (Å²) >= 11 is 0. The van der Waals surface area contributed by atoms with E-state index in [0.29, 0.717) is 0 Å². The molecule has 0 unspecified atom stereocenters. The van der Waals surface area contributed by atoms with Crippen LogP contribution in [0.2, 0.25) is 0 Å². The minimum Gasteiger partial charge on any atom is -0.323 e. The number of para-hydroxylation sites is 2. The molecule has 0 bridgehead atoms. The highest BCUT2D eigenvalue weighted by atomic mass is 15.2. The van der Waals surface area contributed by atoms with E-state index in [1.54, 1.807) is 0 Å². The number of hydrazine groups is 1. The quantitative estimate of drug-likeness (QED) is 0.0949. The van der Waals surface area contributed by atoms with Crippen LogP contribution in [-0.2, 0) is 0 Å². The summed E-state index contributed by atoms with van der Waals surface area (Å²) < 4.78 is 0. The minimum absolute atomic E-state index is 0.838. The van der Waals surface area contributed by atoms with E-state index < -0.39 is 0 Å². The van der Waals surface area contributed by atoms with Gasteiger partial charge in [0.1, 0.15) is 0 Å². The van der Waals surface area contributed by atoms with Gasteiger partial charge in [0.25, 0.3) is 0 Å². The average Bonchev–Trinajstić information content (AvgIpc) is 3.38. The summed E-state index contributed by atoms with van der Waals surface area (Å²) in [5.41, 5.74) is 23.9. The third-order valence-corrected chi connectivity index (χ3v) is 12.3. The lowest BCUT2D eigenvalue weighted by Crippen LogP contribution is -2.12. The van der Waals surface area contributed by atoms with Gasteiger partial charge in [-0.25, -0.2) is 0 Å². The Kier molecular flexibility index (Phi) is 11.8. The van der Waals surface area contributed by atoms with Crippen LogP contribution in [0.1, 0.15) is 11.1 Å². The molecule has 0 aliphatic rings. The number of nitrogens with two attached hydrogens (primary N) is 1. The smallest absolute Gasteiger partial charge is 0.0570 e. The summed E-state index contributed by atoms with van der Waals surface area (Å²) in [4.78, 5) is 4.72. The van der Waals surface area contributed by atoms with Gasteiger partial charge in [0.2, 0.25) is 0 Å². The van der Waals surface area contributed by atoms with Crippen molar-refractivity contribution in [1.29, 1.82) is 0 Å². The van der Waals surface area contributed by atoms with Crippen molar-refractivity contribution < 1.29 is 0 Å². The van der Waals surface area contributed by atoms with E-state index >= 15 is 0 Å². The standard InChI is InChI=1S/C62H50N4/c1-44-18-16-26-53(42-44)65(59-30-14-12-28-55(59)46-20-6-3-7-21-46)51-36-32-49(33-37-51)61-57(48-24-10-5-11-25-48)40-41-58(64-63)62(61)50-34-38-52(39-35-50)66(54-27-17-19-45(2)43-54)60-31-15-13-29-56(60)47-22-8-4-9-23-47/h3-43,64H,63H2,1-2H3. The van der Waals surface area contributed by atoms with Crippen molar-refractivity contribution in [2.24, 2.45) is 5.84 Å². The fraction of sp³-hybridized carbons (Fsp3) is 0.0323. The van der Waals surface area contributed by atoms with Crippen LogP contribution in [0.5, 0.6) is 0 Å². The Morgan fingerprint density at radius 1 is 0.303 bits per heavy atom. The highest BCUT2D eigenvalue weighted by Crippen LogP contribution is 2.48. The maximum absolute atomic E-state index is 6.44. The van der Waals surface area contributed by atoms with Gasteiger partial charge >= 0.3 is 0 Å². The monoisotopic (exact) mass is 850 g/mol. The molecular formula is C62H50N4. The van der Waals surface area contributed by atoms with Crippen molar-refractivity contribution in [1.82, 2.24) is 0 Å². The molecule has 4 heteroatoms. The summed E-state index contributed by atoms with van der Waals surface area (Å²) in [6.45, 7) is 4.29. The number of nitrogens with one attached hydrogen (secondary N) is 1. The van der Waals surface area contributed by atoms with Crippen LogP contribution in [0.3, 0.4) is 0 Å². The fourth-order valence-electron chi connectivity index (χ4n) is 9.18. The normalized spacial score (nSPS) is 11.0. The SMILES string of the molecule is Cc1cccc(N(c2ccc(-c3c(NN)ccc(-c4ccccc4)c3-c3ccc(N(c4cccc(C)c4)c4ccccc4-c4ccccc4)cc3)cc2)c2ccccc2-c2ccccc2)c1. The molecule has 0 fully saturated rings. The summed E-state index contributed by atoms with van der Waals surface area (Å²) in [6, 6.07) is 88.8. The Hall–Kier alpha value is -8.44. The number of nitrogens with zero attached hydrogens (tertiary/aromatic N) is 2. The second-order valence-electron chi connectivity index (χ2n) is 16.6. The van der Waals surface area contributed by atoms with E-state index in [-0.39, 0.29) is 0 Å². The molecule has 10 aromatic rings. The molecule has 0 spiro atoms. The molecule has 0 amide bonds. The van der Waals surface area contributed by atoms with E-state index in [9.17, 15) is 0 Å². The molecule has 0 saturated carbocycles. The topological polar surface area (TPSA) is 44.5 Å². The zero-order valence-electron chi connectivity index (χ0n) is 37.1.